The van der Waals surface area contributed by atoms with Gasteiger partial charge in [-0.1, -0.05) is 47.6 Å². The molecule has 7 nitrogen and oxygen atoms in total. The van der Waals surface area contributed by atoms with Gasteiger partial charge in [0.05, 0.1) is 31.0 Å². The van der Waals surface area contributed by atoms with E-state index < -0.39 is 29.3 Å². The molecule has 3 saturated carbocycles. The molecule has 0 aliphatic heterocycles. The third-order valence-corrected chi connectivity index (χ3v) is 10.4. The first kappa shape index (κ1) is 34.6. The average Bonchev–Trinajstić information content (AvgIpc) is 3.26. The Bertz CT molecular complexity index is 1080. The van der Waals surface area contributed by atoms with E-state index in [2.05, 4.69) is 26.5 Å². The highest BCUT2D eigenvalue weighted by atomic mass is 16.5. The molecule has 0 amide bonds. The molecule has 7 unspecified atom stereocenters. The van der Waals surface area contributed by atoms with E-state index in [-0.39, 0.29) is 37.6 Å². The number of hydrogen-bond acceptors (Lipinski definition) is 7. The lowest BCUT2D eigenvalue weighted by atomic mass is 9.43. The smallest absolute Gasteiger partial charge is 0.145 e. The van der Waals surface area contributed by atoms with Gasteiger partial charge in [-0.15, -0.1) is 0 Å². The molecule has 7 heteroatoms. The average molecular weight is 587 g/mol. The van der Waals surface area contributed by atoms with Gasteiger partial charge in [0.15, 0.2) is 0 Å². The van der Waals surface area contributed by atoms with Crippen LogP contribution in [0.3, 0.4) is 0 Å². The molecule has 0 aromatic rings. The summed E-state index contributed by atoms with van der Waals surface area (Å²) >= 11 is 0. The highest BCUT2D eigenvalue weighted by molar-refractivity contribution is 5.74. The van der Waals surface area contributed by atoms with Crippen molar-refractivity contribution in [2.45, 2.75) is 103 Å². The molecule has 3 aliphatic carbocycles. The number of aliphatic hydroxyl groups excluding tert-OH is 3. The van der Waals surface area contributed by atoms with Crippen molar-refractivity contribution in [3.63, 3.8) is 0 Å². The van der Waals surface area contributed by atoms with Crippen molar-refractivity contribution in [3.05, 3.63) is 58.7 Å². The summed E-state index contributed by atoms with van der Waals surface area (Å²) in [5.74, 6) is -0.475. The molecule has 5 N–H and O–H groups in total. The van der Waals surface area contributed by atoms with Crippen LogP contribution in [-0.2, 0) is 9.53 Å². The molecule has 236 valence electrons. The molecule has 3 rings (SSSR count). The van der Waals surface area contributed by atoms with E-state index in [1.165, 1.54) is 5.57 Å². The molecule has 7 atom stereocenters. The van der Waals surface area contributed by atoms with Crippen LogP contribution in [0.5, 0.6) is 0 Å². The van der Waals surface area contributed by atoms with Gasteiger partial charge in [0.25, 0.3) is 0 Å². The van der Waals surface area contributed by atoms with Crippen LogP contribution in [0.15, 0.2) is 58.7 Å². The summed E-state index contributed by atoms with van der Waals surface area (Å²) in [6, 6.07) is 0. The number of hydrogen-bond donors (Lipinski definition) is 5. The van der Waals surface area contributed by atoms with Crippen molar-refractivity contribution in [3.8, 4) is 0 Å². The van der Waals surface area contributed by atoms with Gasteiger partial charge in [0.2, 0.25) is 0 Å². The topological polar surface area (TPSA) is 127 Å². The minimum Gasteiger partial charge on any atom is -0.396 e. The standard InChI is InChI=1S/C35H54O7/c1-24(2)8-6-9-25(3)10-7-11-28(22-42-23-29(39)21-38)31-14-17-34-32(27(15-19-36)12-18-35(31,34)41)30(26(4)20-37)13-16-33(34,5)40/h7-8,10-11,20,27,29,31-32,36,38-41H,3,6,9,12-19,21-23H2,1-2,4-5H3. The molecule has 3 fully saturated rings. The lowest BCUT2D eigenvalue weighted by molar-refractivity contribution is -0.246. The Morgan fingerprint density at radius 3 is 2.52 bits per heavy atom. The van der Waals surface area contributed by atoms with Crippen LogP contribution in [0.2, 0.25) is 0 Å². The predicted molar refractivity (Wildman–Crippen MR) is 166 cm³/mol. The minimum absolute atomic E-state index is 0.0170. The van der Waals surface area contributed by atoms with E-state index in [9.17, 15) is 30.3 Å². The Kier molecular flexibility index (Phi) is 12.1. The normalized spacial score (nSPS) is 35.0. The summed E-state index contributed by atoms with van der Waals surface area (Å²) in [5.41, 5.74) is 1.48. The Balaban J connectivity index is 2.04. The summed E-state index contributed by atoms with van der Waals surface area (Å²) < 4.78 is 5.85. The quantitative estimate of drug-likeness (QED) is 0.0861. The fraction of sp³-hybridized carbons (Fsp3) is 0.686. The second-order valence-electron chi connectivity index (χ2n) is 13.3. The number of ether oxygens (including phenoxy) is 1. The first-order chi connectivity index (χ1) is 19.9. The molecule has 1 spiro atoms. The Morgan fingerprint density at radius 2 is 1.88 bits per heavy atom. The maximum absolute atomic E-state index is 12.9. The summed E-state index contributed by atoms with van der Waals surface area (Å²) in [7, 11) is 0. The molecule has 42 heavy (non-hydrogen) atoms. The van der Waals surface area contributed by atoms with Crippen LogP contribution >= 0.6 is 0 Å². The summed E-state index contributed by atoms with van der Waals surface area (Å²) in [4.78, 5) is 12.0. The van der Waals surface area contributed by atoms with Crippen LogP contribution in [0, 0.1) is 23.2 Å². The number of aldehydes is 1. The fourth-order valence-corrected chi connectivity index (χ4v) is 8.40. The maximum atomic E-state index is 12.9. The van der Waals surface area contributed by atoms with Crippen molar-refractivity contribution in [1.82, 2.24) is 0 Å². The van der Waals surface area contributed by atoms with E-state index in [0.29, 0.717) is 50.5 Å². The summed E-state index contributed by atoms with van der Waals surface area (Å²) in [6.07, 6.45) is 13.7. The van der Waals surface area contributed by atoms with E-state index in [0.717, 1.165) is 35.8 Å². The molecule has 3 aliphatic rings. The van der Waals surface area contributed by atoms with Crippen LogP contribution in [-0.4, -0.2) is 75.6 Å². The summed E-state index contributed by atoms with van der Waals surface area (Å²) in [5, 5.41) is 54.1. The zero-order chi connectivity index (χ0) is 31.1. The first-order valence-electron chi connectivity index (χ1n) is 15.6. The van der Waals surface area contributed by atoms with E-state index in [4.69, 9.17) is 4.74 Å². The van der Waals surface area contributed by atoms with Gasteiger partial charge >= 0.3 is 0 Å². The maximum Gasteiger partial charge on any atom is 0.145 e. The molecule has 0 aromatic heterocycles. The fourth-order valence-electron chi connectivity index (χ4n) is 8.40. The Labute approximate surface area is 252 Å². The lowest BCUT2D eigenvalue weighted by Gasteiger charge is -2.64. The van der Waals surface area contributed by atoms with Crippen molar-refractivity contribution < 1.29 is 35.1 Å². The molecule has 0 saturated heterocycles. The second-order valence-corrected chi connectivity index (χ2v) is 13.3. The Morgan fingerprint density at radius 1 is 1.14 bits per heavy atom. The minimum atomic E-state index is -1.26. The molecule has 0 radical (unpaired) electrons. The Hall–Kier alpha value is -1.87. The number of rotatable bonds is 14. The number of carbonyl (C=O) groups excluding carboxylic acids is 1. The highest BCUT2D eigenvalue weighted by Gasteiger charge is 2.73. The first-order valence-corrected chi connectivity index (χ1v) is 15.6. The zero-order valence-corrected chi connectivity index (χ0v) is 26.1. The van der Waals surface area contributed by atoms with Crippen LogP contribution in [0.4, 0.5) is 0 Å². The van der Waals surface area contributed by atoms with Gasteiger partial charge in [0, 0.05) is 17.9 Å². The number of carbonyl (C=O) groups is 1. The number of aliphatic hydroxyl groups is 5. The summed E-state index contributed by atoms with van der Waals surface area (Å²) in [6.45, 7) is 11.7. The molecule has 0 aromatic carbocycles. The van der Waals surface area contributed by atoms with Crippen LogP contribution in [0.1, 0.15) is 85.5 Å². The van der Waals surface area contributed by atoms with Gasteiger partial charge in [-0.25, -0.2) is 0 Å². The predicted octanol–water partition coefficient (Wildman–Crippen LogP) is 4.74. The monoisotopic (exact) mass is 586 g/mol. The molecule has 0 bridgehead atoms. The molecule has 0 heterocycles. The van der Waals surface area contributed by atoms with E-state index in [1.54, 1.807) is 0 Å². The largest absolute Gasteiger partial charge is 0.396 e. The van der Waals surface area contributed by atoms with E-state index in [1.807, 2.05) is 32.1 Å². The van der Waals surface area contributed by atoms with Gasteiger partial charge in [-0.05, 0) is 108 Å². The third kappa shape index (κ3) is 6.92. The van der Waals surface area contributed by atoms with Gasteiger partial charge in [-0.3, -0.25) is 4.79 Å². The van der Waals surface area contributed by atoms with Crippen LogP contribution in [0.25, 0.3) is 0 Å². The van der Waals surface area contributed by atoms with Crippen molar-refractivity contribution >= 4 is 6.29 Å². The highest BCUT2D eigenvalue weighted by Crippen LogP contribution is 2.71. The van der Waals surface area contributed by atoms with Crippen molar-refractivity contribution in [1.29, 1.82) is 0 Å². The third-order valence-electron chi connectivity index (χ3n) is 10.4. The molecular weight excluding hydrogens is 532 g/mol. The van der Waals surface area contributed by atoms with Gasteiger partial charge in [-0.2, -0.15) is 0 Å². The van der Waals surface area contributed by atoms with Crippen molar-refractivity contribution in [2.75, 3.05) is 26.4 Å². The molecular formula is C35H54O7. The van der Waals surface area contributed by atoms with Gasteiger partial charge in [0.1, 0.15) is 12.4 Å². The van der Waals surface area contributed by atoms with Crippen molar-refractivity contribution in [2.24, 2.45) is 23.2 Å². The zero-order valence-electron chi connectivity index (χ0n) is 26.1. The lowest BCUT2D eigenvalue weighted by Crippen LogP contribution is -2.69. The SMILES string of the molecule is C=C(C=CC=C(COCC(O)CO)C1CCC23C(C(=C(C)C=O)CCC2(C)O)C(CCO)CCC13O)CCC=C(C)C. The number of allylic oxidation sites excluding steroid dienone is 8. The second kappa shape index (κ2) is 14.7. The van der Waals surface area contributed by atoms with Gasteiger partial charge < -0.3 is 30.3 Å². The van der Waals surface area contributed by atoms with E-state index >= 15 is 0 Å². The van der Waals surface area contributed by atoms with Crippen LogP contribution < -0.4 is 0 Å².